The van der Waals surface area contributed by atoms with Crippen molar-refractivity contribution in [2.45, 2.75) is 25.8 Å². The first kappa shape index (κ1) is 14.5. The summed E-state index contributed by atoms with van der Waals surface area (Å²) in [4.78, 5) is 13.9. The Hall–Kier alpha value is -1.48. The van der Waals surface area contributed by atoms with E-state index in [0.29, 0.717) is 18.8 Å². The first-order chi connectivity index (χ1) is 10.0. The SMILES string of the molecule is CCS(=O)(=O)N1CC(n2cc(C(=O)N3CCCC3)nn2)C1. The smallest absolute Gasteiger partial charge is 0.276 e. The van der Waals surface area contributed by atoms with Gasteiger partial charge in [-0.05, 0) is 19.8 Å². The first-order valence-electron chi connectivity index (χ1n) is 7.20. The molecule has 1 aromatic rings. The number of carbonyl (C=O) groups is 1. The van der Waals surface area contributed by atoms with E-state index in [9.17, 15) is 13.2 Å². The van der Waals surface area contributed by atoms with Crippen molar-refractivity contribution in [2.24, 2.45) is 0 Å². The van der Waals surface area contributed by atoms with Crippen molar-refractivity contribution in [1.29, 1.82) is 0 Å². The Balaban J connectivity index is 1.63. The minimum atomic E-state index is -3.13. The monoisotopic (exact) mass is 313 g/mol. The van der Waals surface area contributed by atoms with Crippen LogP contribution in [0.3, 0.4) is 0 Å². The number of hydrogen-bond acceptors (Lipinski definition) is 5. The third kappa shape index (κ3) is 2.67. The fourth-order valence-corrected chi connectivity index (χ4v) is 3.79. The quantitative estimate of drug-likeness (QED) is 0.763. The highest BCUT2D eigenvalue weighted by molar-refractivity contribution is 7.89. The van der Waals surface area contributed by atoms with Crippen molar-refractivity contribution in [1.82, 2.24) is 24.2 Å². The predicted octanol–water partition coefficient (Wildman–Crippen LogP) is -0.279. The Morgan fingerprint density at radius 1 is 1.33 bits per heavy atom. The molecule has 0 atom stereocenters. The van der Waals surface area contributed by atoms with Gasteiger partial charge in [0.15, 0.2) is 5.69 Å². The molecule has 0 aliphatic carbocycles. The van der Waals surface area contributed by atoms with E-state index in [1.54, 1.807) is 22.7 Å². The van der Waals surface area contributed by atoms with Gasteiger partial charge in [0.1, 0.15) is 0 Å². The van der Waals surface area contributed by atoms with Crippen molar-refractivity contribution >= 4 is 15.9 Å². The maximum absolute atomic E-state index is 12.2. The van der Waals surface area contributed by atoms with Gasteiger partial charge in [0.2, 0.25) is 10.0 Å². The normalized spacial score (nSPS) is 20.7. The fraction of sp³-hybridized carbons (Fsp3) is 0.750. The lowest BCUT2D eigenvalue weighted by Crippen LogP contribution is -2.51. The summed E-state index contributed by atoms with van der Waals surface area (Å²) in [7, 11) is -3.13. The second-order valence-corrected chi connectivity index (χ2v) is 7.71. The zero-order valence-corrected chi connectivity index (χ0v) is 12.8. The highest BCUT2D eigenvalue weighted by Gasteiger charge is 2.36. The van der Waals surface area contributed by atoms with E-state index in [2.05, 4.69) is 10.3 Å². The maximum atomic E-state index is 12.2. The highest BCUT2D eigenvalue weighted by atomic mass is 32.2. The standard InChI is InChI=1S/C12H19N5O3S/c1-2-21(19,20)16-7-10(8-16)17-9-11(13-14-17)12(18)15-5-3-4-6-15/h9-10H,2-8H2,1H3. The summed E-state index contributed by atoms with van der Waals surface area (Å²) in [6, 6.07) is -0.0287. The number of carbonyl (C=O) groups excluding carboxylic acids is 1. The third-order valence-corrected chi connectivity index (χ3v) is 5.90. The van der Waals surface area contributed by atoms with Crippen molar-refractivity contribution < 1.29 is 13.2 Å². The number of likely N-dealkylation sites (tertiary alicyclic amines) is 1. The molecule has 116 valence electrons. The van der Waals surface area contributed by atoms with Gasteiger partial charge in [-0.25, -0.2) is 13.1 Å². The Bertz CT molecular complexity index is 629. The molecule has 0 N–H and O–H groups in total. The topological polar surface area (TPSA) is 88.4 Å². The van der Waals surface area contributed by atoms with Crippen LogP contribution in [0, 0.1) is 0 Å². The number of nitrogens with zero attached hydrogens (tertiary/aromatic N) is 5. The zero-order chi connectivity index (χ0) is 15.0. The van der Waals surface area contributed by atoms with E-state index >= 15 is 0 Å². The van der Waals surface area contributed by atoms with Gasteiger partial charge in [-0.1, -0.05) is 5.21 Å². The van der Waals surface area contributed by atoms with Crippen LogP contribution in [0.25, 0.3) is 0 Å². The summed E-state index contributed by atoms with van der Waals surface area (Å²) in [5, 5.41) is 7.90. The highest BCUT2D eigenvalue weighted by Crippen LogP contribution is 2.24. The van der Waals surface area contributed by atoms with Gasteiger partial charge in [-0.2, -0.15) is 4.31 Å². The molecule has 21 heavy (non-hydrogen) atoms. The molecule has 0 aromatic carbocycles. The van der Waals surface area contributed by atoms with E-state index in [4.69, 9.17) is 0 Å². The summed E-state index contributed by atoms with van der Waals surface area (Å²) in [5.74, 6) is 0.0200. The summed E-state index contributed by atoms with van der Waals surface area (Å²) >= 11 is 0. The average Bonchev–Trinajstić information content (AvgIpc) is 3.07. The number of rotatable bonds is 4. The van der Waals surface area contributed by atoms with Crippen molar-refractivity contribution in [3.8, 4) is 0 Å². The van der Waals surface area contributed by atoms with Crippen LogP contribution in [0.1, 0.15) is 36.3 Å². The van der Waals surface area contributed by atoms with Gasteiger partial charge in [0.25, 0.3) is 5.91 Å². The van der Waals surface area contributed by atoms with E-state index in [0.717, 1.165) is 25.9 Å². The summed E-state index contributed by atoms with van der Waals surface area (Å²) in [5.41, 5.74) is 0.341. The van der Waals surface area contributed by atoms with Crippen LogP contribution in [0.4, 0.5) is 0 Å². The van der Waals surface area contributed by atoms with Crippen LogP contribution in [-0.4, -0.2) is 70.5 Å². The largest absolute Gasteiger partial charge is 0.337 e. The molecule has 2 fully saturated rings. The molecule has 2 aliphatic rings. The van der Waals surface area contributed by atoms with E-state index < -0.39 is 10.0 Å². The van der Waals surface area contributed by atoms with E-state index in [1.807, 2.05) is 0 Å². The molecule has 8 nitrogen and oxygen atoms in total. The number of amides is 1. The summed E-state index contributed by atoms with van der Waals surface area (Å²) in [6.45, 7) is 3.98. The van der Waals surface area contributed by atoms with Crippen LogP contribution in [-0.2, 0) is 10.0 Å². The molecule has 0 spiro atoms. The van der Waals surface area contributed by atoms with Crippen molar-refractivity contribution in [3.63, 3.8) is 0 Å². The van der Waals surface area contributed by atoms with E-state index in [-0.39, 0.29) is 17.7 Å². The molecule has 2 aliphatic heterocycles. The molecule has 0 saturated carbocycles. The van der Waals surface area contributed by atoms with Crippen LogP contribution in [0.15, 0.2) is 6.20 Å². The van der Waals surface area contributed by atoms with Gasteiger partial charge in [-0.15, -0.1) is 5.10 Å². The van der Waals surface area contributed by atoms with Crippen LogP contribution in [0.2, 0.25) is 0 Å². The first-order valence-corrected chi connectivity index (χ1v) is 8.81. The van der Waals surface area contributed by atoms with Crippen LogP contribution in [0.5, 0.6) is 0 Å². The zero-order valence-electron chi connectivity index (χ0n) is 12.0. The number of aromatic nitrogens is 3. The molecule has 2 saturated heterocycles. The minimum absolute atomic E-state index is 0.0287. The molecular weight excluding hydrogens is 294 g/mol. The summed E-state index contributed by atoms with van der Waals surface area (Å²) < 4.78 is 26.4. The van der Waals surface area contributed by atoms with E-state index in [1.165, 1.54) is 4.31 Å². The lowest BCUT2D eigenvalue weighted by molar-refractivity contribution is 0.0786. The van der Waals surface area contributed by atoms with Gasteiger partial charge in [-0.3, -0.25) is 4.79 Å². The lowest BCUT2D eigenvalue weighted by atomic mass is 10.2. The Labute approximate surface area is 123 Å². The minimum Gasteiger partial charge on any atom is -0.337 e. The lowest BCUT2D eigenvalue weighted by Gasteiger charge is -2.37. The van der Waals surface area contributed by atoms with Crippen LogP contribution < -0.4 is 0 Å². The molecule has 1 amide bonds. The molecule has 0 radical (unpaired) electrons. The Morgan fingerprint density at radius 3 is 2.62 bits per heavy atom. The molecule has 9 heteroatoms. The second-order valence-electron chi connectivity index (χ2n) is 5.45. The summed E-state index contributed by atoms with van der Waals surface area (Å²) in [6.07, 6.45) is 3.69. The number of hydrogen-bond donors (Lipinski definition) is 0. The van der Waals surface area contributed by atoms with Crippen molar-refractivity contribution in [2.75, 3.05) is 31.9 Å². The van der Waals surface area contributed by atoms with Gasteiger partial charge in [0, 0.05) is 26.2 Å². The average molecular weight is 313 g/mol. The van der Waals surface area contributed by atoms with Gasteiger partial charge >= 0.3 is 0 Å². The molecule has 3 heterocycles. The molecule has 0 unspecified atom stereocenters. The third-order valence-electron chi connectivity index (χ3n) is 4.08. The van der Waals surface area contributed by atoms with Crippen LogP contribution >= 0.6 is 0 Å². The molecule has 0 bridgehead atoms. The second kappa shape index (κ2) is 5.38. The molecular formula is C12H19N5O3S. The van der Waals surface area contributed by atoms with Gasteiger partial charge in [0.05, 0.1) is 18.0 Å². The van der Waals surface area contributed by atoms with Gasteiger partial charge < -0.3 is 4.90 Å². The molecule has 1 aromatic heterocycles. The molecule has 3 rings (SSSR count). The Morgan fingerprint density at radius 2 is 2.00 bits per heavy atom. The number of sulfonamides is 1. The maximum Gasteiger partial charge on any atom is 0.276 e. The predicted molar refractivity (Wildman–Crippen MR) is 75.2 cm³/mol. The fourth-order valence-electron chi connectivity index (χ4n) is 2.63. The Kier molecular flexibility index (Phi) is 3.70. The van der Waals surface area contributed by atoms with Crippen molar-refractivity contribution in [3.05, 3.63) is 11.9 Å².